The first-order chi connectivity index (χ1) is 13.5. The van der Waals surface area contributed by atoms with Crippen molar-refractivity contribution in [2.75, 3.05) is 33.3 Å². The number of ether oxygens (including phenoxy) is 4. The molecule has 28 heavy (non-hydrogen) atoms. The molecule has 0 aliphatic carbocycles. The van der Waals surface area contributed by atoms with Gasteiger partial charge in [-0.25, -0.2) is 4.79 Å². The van der Waals surface area contributed by atoms with E-state index >= 15 is 0 Å². The van der Waals surface area contributed by atoms with Crippen LogP contribution in [0, 0.1) is 0 Å². The van der Waals surface area contributed by atoms with Gasteiger partial charge in [-0.3, -0.25) is 4.79 Å². The Bertz CT molecular complexity index is 877. The monoisotopic (exact) mass is 387 g/mol. The van der Waals surface area contributed by atoms with E-state index in [2.05, 4.69) is 5.32 Å². The predicted molar refractivity (Wildman–Crippen MR) is 103 cm³/mol. The zero-order valence-electron chi connectivity index (χ0n) is 15.7. The lowest BCUT2D eigenvalue weighted by Gasteiger charge is -2.11. The number of nitrogens with one attached hydrogen (secondary N) is 1. The normalized spacial score (nSPS) is 10.4. The highest BCUT2D eigenvalue weighted by Crippen LogP contribution is 2.29. The zero-order chi connectivity index (χ0) is 20.5. The van der Waals surface area contributed by atoms with Crippen molar-refractivity contribution in [3.8, 4) is 23.0 Å². The second-order valence-corrected chi connectivity index (χ2v) is 5.49. The molecule has 8 nitrogen and oxygen atoms in total. The number of phenolic OH excluding ortho intramolecular Hbond substituents is 1. The fourth-order valence-electron chi connectivity index (χ4n) is 2.24. The van der Waals surface area contributed by atoms with Crippen LogP contribution in [0.15, 0.2) is 42.5 Å². The number of esters is 1. The second-order valence-electron chi connectivity index (χ2n) is 5.49. The molecule has 2 rings (SSSR count). The van der Waals surface area contributed by atoms with Crippen molar-refractivity contribution in [2.45, 2.75) is 0 Å². The Balaban J connectivity index is 1.89. The molecule has 0 aliphatic rings. The van der Waals surface area contributed by atoms with Crippen LogP contribution in [0.1, 0.15) is 5.56 Å². The molecule has 2 N–H and O–H groups in total. The van der Waals surface area contributed by atoms with E-state index in [1.54, 1.807) is 30.3 Å². The van der Waals surface area contributed by atoms with E-state index in [0.29, 0.717) is 22.7 Å². The summed E-state index contributed by atoms with van der Waals surface area (Å²) >= 11 is 0. The molecule has 0 aromatic heterocycles. The van der Waals surface area contributed by atoms with Crippen LogP contribution in [0.3, 0.4) is 0 Å². The molecule has 0 heterocycles. The first-order valence-corrected chi connectivity index (χ1v) is 8.20. The summed E-state index contributed by atoms with van der Waals surface area (Å²) in [5.74, 6) is 0.0640. The van der Waals surface area contributed by atoms with Gasteiger partial charge >= 0.3 is 5.97 Å². The average molecular weight is 387 g/mol. The zero-order valence-corrected chi connectivity index (χ0v) is 15.7. The first kappa shape index (κ1) is 20.6. The maximum Gasteiger partial charge on any atom is 0.331 e. The Hall–Kier alpha value is -3.68. The quantitative estimate of drug-likeness (QED) is 0.530. The Morgan fingerprint density at radius 3 is 2.43 bits per heavy atom. The summed E-state index contributed by atoms with van der Waals surface area (Å²) in [6.07, 6.45) is 2.65. The predicted octanol–water partition coefficient (Wildman–Crippen LogP) is 2.61. The summed E-state index contributed by atoms with van der Waals surface area (Å²) < 4.78 is 20.2. The van der Waals surface area contributed by atoms with Gasteiger partial charge in [-0.15, -0.1) is 0 Å². The smallest absolute Gasteiger partial charge is 0.331 e. The topological polar surface area (TPSA) is 103 Å². The number of aromatic hydroxyl groups is 1. The number of hydrogen-bond acceptors (Lipinski definition) is 7. The van der Waals surface area contributed by atoms with E-state index in [9.17, 15) is 14.7 Å². The number of amides is 1. The highest BCUT2D eigenvalue weighted by Gasteiger charge is 2.10. The molecular formula is C20H21NO7. The van der Waals surface area contributed by atoms with E-state index < -0.39 is 18.5 Å². The van der Waals surface area contributed by atoms with Gasteiger partial charge in [-0.1, -0.05) is 6.07 Å². The summed E-state index contributed by atoms with van der Waals surface area (Å²) in [4.78, 5) is 23.8. The maximum atomic E-state index is 12.0. The van der Waals surface area contributed by atoms with Crippen molar-refractivity contribution in [2.24, 2.45) is 0 Å². The molecule has 148 valence electrons. The van der Waals surface area contributed by atoms with Crippen molar-refractivity contribution in [1.82, 2.24) is 0 Å². The lowest BCUT2D eigenvalue weighted by Crippen LogP contribution is -2.20. The number of methoxy groups -OCH3 is 3. The number of phenols is 1. The number of hydrogen-bond donors (Lipinski definition) is 2. The molecule has 0 aliphatic heterocycles. The van der Waals surface area contributed by atoms with Crippen molar-refractivity contribution in [3.63, 3.8) is 0 Å². The average Bonchev–Trinajstić information content (AvgIpc) is 2.71. The van der Waals surface area contributed by atoms with E-state index in [4.69, 9.17) is 18.9 Å². The minimum Gasteiger partial charge on any atom is -0.504 e. The molecule has 0 fully saturated rings. The number of carbonyl (C=O) groups is 2. The van der Waals surface area contributed by atoms with E-state index in [0.717, 1.165) is 0 Å². The summed E-state index contributed by atoms with van der Waals surface area (Å²) in [7, 11) is 4.41. The fraction of sp³-hybridized carbons (Fsp3) is 0.200. The fourth-order valence-corrected chi connectivity index (χ4v) is 2.24. The highest BCUT2D eigenvalue weighted by atomic mass is 16.5. The SMILES string of the molecule is COc1ccc(NC(=O)COC(=O)/C=C/c2ccc(O)c(OC)c2)c(OC)c1. The Morgan fingerprint density at radius 1 is 1.00 bits per heavy atom. The molecule has 0 bridgehead atoms. The Morgan fingerprint density at radius 2 is 1.75 bits per heavy atom. The molecule has 2 aromatic carbocycles. The van der Waals surface area contributed by atoms with Gasteiger partial charge in [0.2, 0.25) is 0 Å². The van der Waals surface area contributed by atoms with Crippen LogP contribution >= 0.6 is 0 Å². The maximum absolute atomic E-state index is 12.0. The van der Waals surface area contributed by atoms with Crippen molar-refractivity contribution in [1.29, 1.82) is 0 Å². The van der Waals surface area contributed by atoms with Crippen LogP contribution in [-0.4, -0.2) is 44.9 Å². The van der Waals surface area contributed by atoms with Crippen LogP contribution in [-0.2, 0) is 14.3 Å². The highest BCUT2D eigenvalue weighted by molar-refractivity contribution is 5.95. The molecule has 0 radical (unpaired) electrons. The molecular weight excluding hydrogens is 366 g/mol. The second kappa shape index (κ2) is 9.86. The van der Waals surface area contributed by atoms with Gasteiger partial charge in [0.15, 0.2) is 18.1 Å². The van der Waals surface area contributed by atoms with Gasteiger partial charge < -0.3 is 29.4 Å². The molecule has 0 saturated heterocycles. The first-order valence-electron chi connectivity index (χ1n) is 8.20. The molecule has 0 unspecified atom stereocenters. The number of anilines is 1. The third-order valence-corrected chi connectivity index (χ3v) is 3.64. The van der Waals surface area contributed by atoms with Crippen LogP contribution in [0.2, 0.25) is 0 Å². The minimum absolute atomic E-state index is 0.00661. The Kier molecular flexibility index (Phi) is 7.27. The summed E-state index contributed by atoms with van der Waals surface area (Å²) in [5, 5.41) is 12.1. The summed E-state index contributed by atoms with van der Waals surface area (Å²) in [6.45, 7) is -0.461. The summed E-state index contributed by atoms with van der Waals surface area (Å²) in [6, 6.07) is 9.51. The van der Waals surface area contributed by atoms with E-state index in [1.807, 2.05) is 0 Å². The molecule has 8 heteroatoms. The molecule has 2 aromatic rings. The van der Waals surface area contributed by atoms with Crippen molar-refractivity contribution in [3.05, 3.63) is 48.0 Å². The van der Waals surface area contributed by atoms with Gasteiger partial charge in [0.25, 0.3) is 5.91 Å². The standard InChI is InChI=1S/C20H21NO7/c1-25-14-6-7-15(17(11-14)26-2)21-19(23)12-28-20(24)9-5-13-4-8-16(22)18(10-13)27-3/h4-11,22H,12H2,1-3H3,(H,21,23)/b9-5+. The van der Waals surface area contributed by atoms with Gasteiger partial charge in [-0.2, -0.15) is 0 Å². The van der Waals surface area contributed by atoms with E-state index in [-0.39, 0.29) is 11.5 Å². The lowest BCUT2D eigenvalue weighted by atomic mass is 10.2. The van der Waals surface area contributed by atoms with Gasteiger partial charge in [0.1, 0.15) is 11.5 Å². The number of rotatable bonds is 8. The van der Waals surface area contributed by atoms with Crippen LogP contribution in [0.4, 0.5) is 5.69 Å². The lowest BCUT2D eigenvalue weighted by molar-refractivity contribution is -0.142. The molecule has 0 spiro atoms. The van der Waals surface area contributed by atoms with Gasteiger partial charge in [0, 0.05) is 12.1 Å². The Labute approximate surface area is 162 Å². The number of benzene rings is 2. The van der Waals surface area contributed by atoms with E-state index in [1.165, 1.54) is 39.5 Å². The van der Waals surface area contributed by atoms with Crippen molar-refractivity contribution < 1.29 is 33.6 Å². The molecule has 0 saturated carbocycles. The van der Waals surface area contributed by atoms with Crippen LogP contribution < -0.4 is 19.5 Å². The third kappa shape index (κ3) is 5.66. The van der Waals surface area contributed by atoms with Gasteiger partial charge in [-0.05, 0) is 35.9 Å². The van der Waals surface area contributed by atoms with Gasteiger partial charge in [0.05, 0.1) is 27.0 Å². The minimum atomic E-state index is -0.691. The van der Waals surface area contributed by atoms with Crippen molar-refractivity contribution >= 4 is 23.6 Å². The molecule has 0 atom stereocenters. The van der Waals surface area contributed by atoms with Crippen LogP contribution in [0.25, 0.3) is 6.08 Å². The van der Waals surface area contributed by atoms with Crippen LogP contribution in [0.5, 0.6) is 23.0 Å². The number of carbonyl (C=O) groups excluding carboxylic acids is 2. The summed E-state index contributed by atoms with van der Waals surface area (Å²) in [5.41, 5.74) is 1.05. The molecule has 1 amide bonds. The largest absolute Gasteiger partial charge is 0.504 e. The third-order valence-electron chi connectivity index (χ3n) is 3.64.